The number of fused-ring (bicyclic) bond motifs is 6. The van der Waals surface area contributed by atoms with Crippen molar-refractivity contribution in [3.05, 3.63) is 192 Å². The second-order valence-electron chi connectivity index (χ2n) is 23.7. The Labute approximate surface area is 424 Å². The minimum atomic E-state index is -0.0452. The van der Waals surface area contributed by atoms with Crippen molar-refractivity contribution in [2.24, 2.45) is 0 Å². The summed E-state index contributed by atoms with van der Waals surface area (Å²) in [4.78, 5) is 20.9. The van der Waals surface area contributed by atoms with E-state index < -0.39 is 0 Å². The fourth-order valence-electron chi connectivity index (χ4n) is 10.3. The average molecular weight is 941 g/mol. The van der Waals surface area contributed by atoms with Crippen LogP contribution in [0.1, 0.15) is 105 Å². The zero-order valence-electron chi connectivity index (χ0n) is 43.8. The van der Waals surface area contributed by atoms with Crippen LogP contribution in [-0.4, -0.2) is 29.1 Å². The summed E-state index contributed by atoms with van der Waals surface area (Å²) in [6.07, 6.45) is 3.97. The molecule has 4 heterocycles. The average Bonchev–Trinajstić information content (AvgIpc) is 3.87. The Kier molecular flexibility index (Phi) is 11.0. The van der Waals surface area contributed by atoms with Crippen LogP contribution in [0.5, 0.6) is 0 Å². The van der Waals surface area contributed by atoms with Gasteiger partial charge in [-0.1, -0.05) is 180 Å². The first-order valence-electron chi connectivity index (χ1n) is 25.4. The molecule has 0 aliphatic rings. The Balaban J connectivity index is 1.29. The third kappa shape index (κ3) is 8.17. The molecule has 4 aromatic heterocycles. The molecule has 0 saturated heterocycles. The van der Waals surface area contributed by atoms with E-state index in [1.807, 2.05) is 48.8 Å². The lowest BCUT2D eigenvalue weighted by molar-refractivity contribution is 0.590. The number of hydrogen-bond donors (Lipinski definition) is 0. The van der Waals surface area contributed by atoms with Crippen molar-refractivity contribution in [3.8, 4) is 56.7 Å². The third-order valence-corrected chi connectivity index (χ3v) is 14.5. The first-order valence-corrected chi connectivity index (χ1v) is 25.4. The van der Waals surface area contributed by atoms with Crippen molar-refractivity contribution >= 4 is 43.6 Å². The summed E-state index contributed by atoms with van der Waals surface area (Å²) in [6, 6.07) is 57.4. The van der Waals surface area contributed by atoms with Gasteiger partial charge >= 0.3 is 0 Å². The Bertz CT molecular complexity index is 3680. The van der Waals surface area contributed by atoms with Gasteiger partial charge in [0.2, 0.25) is 0 Å². The Hall–Kier alpha value is -7.70. The van der Waals surface area contributed by atoms with Crippen LogP contribution in [0.15, 0.2) is 170 Å². The van der Waals surface area contributed by atoms with Gasteiger partial charge in [-0.15, -0.1) is 0 Å². The van der Waals surface area contributed by atoms with E-state index >= 15 is 0 Å². The largest absolute Gasteiger partial charge is 0.309 e. The molecule has 11 rings (SSSR count). The SMILES string of the molecule is CC(C)(C)c1ccc2c(c1)c1cc(C(C)(C)C)ccc1n2-c1cnccc1-c1c(-c2nc(-c3ccccc3)nc(-c3ccccc3)n2)cccc1-n1c2ccc(C(C)(C)C)cc2c2cc(C(C)(C)C)ccc21. The number of hydrogen-bond acceptors (Lipinski definition) is 4. The molecule has 7 aromatic carbocycles. The zero-order valence-corrected chi connectivity index (χ0v) is 43.8. The molecule has 0 bridgehead atoms. The zero-order chi connectivity index (χ0) is 50.5. The minimum Gasteiger partial charge on any atom is -0.309 e. The lowest BCUT2D eigenvalue weighted by atomic mass is 9.85. The van der Waals surface area contributed by atoms with Crippen LogP contribution < -0.4 is 0 Å². The second-order valence-corrected chi connectivity index (χ2v) is 23.7. The Morgan fingerprint density at radius 2 is 0.708 bits per heavy atom. The van der Waals surface area contributed by atoms with Crippen LogP contribution in [0.4, 0.5) is 0 Å². The van der Waals surface area contributed by atoms with E-state index in [2.05, 4.69) is 214 Å². The van der Waals surface area contributed by atoms with Crippen molar-refractivity contribution in [3.63, 3.8) is 0 Å². The van der Waals surface area contributed by atoms with Gasteiger partial charge in [0.25, 0.3) is 0 Å². The minimum absolute atomic E-state index is 0.0388. The van der Waals surface area contributed by atoms with Crippen molar-refractivity contribution in [2.45, 2.75) is 105 Å². The summed E-state index contributed by atoms with van der Waals surface area (Å²) < 4.78 is 4.91. The molecule has 0 amide bonds. The first-order chi connectivity index (χ1) is 34.2. The van der Waals surface area contributed by atoms with Gasteiger partial charge in [0.1, 0.15) is 0 Å². The van der Waals surface area contributed by atoms with Crippen molar-refractivity contribution in [1.29, 1.82) is 0 Å². The van der Waals surface area contributed by atoms with Gasteiger partial charge in [-0.3, -0.25) is 4.98 Å². The van der Waals surface area contributed by atoms with E-state index in [1.54, 1.807) is 0 Å². The standard InChI is InChI=1S/C66H64N6/c1-63(2,3)43-26-30-53-49(36-43)50-37-44(64(4,5)6)27-31-54(50)71(53)57-25-19-24-48(62-69-60(41-20-15-13-16-21-41)68-61(70-62)42-22-17-14-18-23-42)59(57)47-34-35-67-40-58(47)72-55-32-28-45(65(7,8)9)38-51(55)52-39-46(66(10,11)12)29-33-56(52)72/h13-40H,1-12H3. The number of nitrogens with zero attached hydrogens (tertiary/aromatic N) is 6. The van der Waals surface area contributed by atoms with Gasteiger partial charge in [0.05, 0.1) is 39.6 Å². The van der Waals surface area contributed by atoms with Gasteiger partial charge in [-0.25, -0.2) is 15.0 Å². The predicted molar refractivity (Wildman–Crippen MR) is 303 cm³/mol. The molecule has 11 aromatic rings. The number of rotatable bonds is 6. The van der Waals surface area contributed by atoms with Crippen LogP contribution in [0.25, 0.3) is 100 Å². The van der Waals surface area contributed by atoms with E-state index in [-0.39, 0.29) is 21.7 Å². The highest BCUT2D eigenvalue weighted by molar-refractivity contribution is 6.12. The molecule has 72 heavy (non-hydrogen) atoms. The van der Waals surface area contributed by atoms with E-state index in [9.17, 15) is 0 Å². The van der Waals surface area contributed by atoms with E-state index in [0.29, 0.717) is 17.5 Å². The van der Waals surface area contributed by atoms with E-state index in [1.165, 1.54) is 43.8 Å². The number of pyridine rings is 1. The van der Waals surface area contributed by atoms with Crippen molar-refractivity contribution in [2.75, 3.05) is 0 Å². The topological polar surface area (TPSA) is 61.4 Å². The first kappa shape index (κ1) is 46.7. The molecule has 0 spiro atoms. The van der Waals surface area contributed by atoms with Gasteiger partial charge in [0.15, 0.2) is 17.5 Å². The van der Waals surface area contributed by atoms with Crippen LogP contribution in [0.3, 0.4) is 0 Å². The monoisotopic (exact) mass is 941 g/mol. The third-order valence-electron chi connectivity index (χ3n) is 14.5. The molecule has 0 N–H and O–H groups in total. The summed E-state index contributed by atoms with van der Waals surface area (Å²) in [5.41, 5.74) is 16.2. The normalized spacial score (nSPS) is 12.7. The molecule has 6 heteroatoms. The van der Waals surface area contributed by atoms with Crippen LogP contribution >= 0.6 is 0 Å². The highest BCUT2D eigenvalue weighted by atomic mass is 15.0. The quantitative estimate of drug-likeness (QED) is 0.167. The lowest BCUT2D eigenvalue weighted by Gasteiger charge is -2.22. The number of aromatic nitrogens is 6. The summed E-state index contributed by atoms with van der Waals surface area (Å²) in [6.45, 7) is 27.5. The van der Waals surface area contributed by atoms with E-state index in [4.69, 9.17) is 19.9 Å². The molecule has 0 unspecified atom stereocenters. The molecule has 0 radical (unpaired) electrons. The Morgan fingerprint density at radius 1 is 0.333 bits per heavy atom. The second kappa shape index (κ2) is 17.0. The maximum Gasteiger partial charge on any atom is 0.164 e. The molecule has 6 nitrogen and oxygen atoms in total. The van der Waals surface area contributed by atoms with Crippen LogP contribution in [-0.2, 0) is 21.7 Å². The Morgan fingerprint density at radius 3 is 1.10 bits per heavy atom. The number of benzene rings is 7. The summed E-state index contributed by atoms with van der Waals surface area (Å²) >= 11 is 0. The van der Waals surface area contributed by atoms with Crippen molar-refractivity contribution < 1.29 is 0 Å². The predicted octanol–water partition coefficient (Wildman–Crippen LogP) is 17.3. The summed E-state index contributed by atoms with van der Waals surface area (Å²) in [7, 11) is 0. The fraction of sp³-hybridized carbons (Fsp3) is 0.242. The van der Waals surface area contributed by atoms with Gasteiger partial charge < -0.3 is 9.13 Å². The van der Waals surface area contributed by atoms with Crippen LogP contribution in [0.2, 0.25) is 0 Å². The highest BCUT2D eigenvalue weighted by Gasteiger charge is 2.28. The lowest BCUT2D eigenvalue weighted by Crippen LogP contribution is -2.10. The summed E-state index contributed by atoms with van der Waals surface area (Å²) in [5, 5.41) is 4.88. The molecule has 358 valence electrons. The van der Waals surface area contributed by atoms with E-state index in [0.717, 1.165) is 61.3 Å². The van der Waals surface area contributed by atoms with Gasteiger partial charge in [-0.05, 0) is 105 Å². The maximum absolute atomic E-state index is 5.41. The molecule has 0 fully saturated rings. The highest BCUT2D eigenvalue weighted by Crippen LogP contribution is 2.46. The maximum atomic E-state index is 5.41. The molecule has 0 saturated carbocycles. The smallest absolute Gasteiger partial charge is 0.164 e. The fourth-order valence-corrected chi connectivity index (χ4v) is 10.3. The molecular weight excluding hydrogens is 877 g/mol. The van der Waals surface area contributed by atoms with Gasteiger partial charge in [-0.2, -0.15) is 0 Å². The molecule has 0 atom stereocenters. The van der Waals surface area contributed by atoms with Crippen LogP contribution in [0, 0.1) is 0 Å². The summed E-state index contributed by atoms with van der Waals surface area (Å²) in [5.74, 6) is 1.80. The van der Waals surface area contributed by atoms with Crippen molar-refractivity contribution in [1.82, 2.24) is 29.1 Å². The molecule has 0 aliphatic heterocycles. The van der Waals surface area contributed by atoms with Gasteiger partial charge in [0, 0.05) is 55.6 Å². The molecule has 0 aliphatic carbocycles. The molecular formula is C66H64N6.